The molecule has 0 aromatic heterocycles. The first-order chi connectivity index (χ1) is 11.1. The zero-order valence-electron chi connectivity index (χ0n) is 14.5. The normalized spacial score (nSPS) is 12.1. The Hall–Kier alpha value is -0.989. The molecular formula is C18H26O2Si3. The summed E-state index contributed by atoms with van der Waals surface area (Å²) in [4.78, 5) is 0. The predicted octanol–water partition coefficient (Wildman–Crippen LogP) is 3.56. The van der Waals surface area contributed by atoms with Gasteiger partial charge < -0.3 is 8.23 Å². The summed E-state index contributed by atoms with van der Waals surface area (Å²) in [5, 5.41) is 2.45. The molecule has 5 heteroatoms. The summed E-state index contributed by atoms with van der Waals surface area (Å²) in [6.45, 7) is 8.87. The van der Waals surface area contributed by atoms with Gasteiger partial charge in [0.1, 0.15) is 0 Å². The van der Waals surface area contributed by atoms with E-state index in [1.54, 1.807) is 0 Å². The van der Waals surface area contributed by atoms with Crippen molar-refractivity contribution in [2.75, 3.05) is 0 Å². The lowest BCUT2D eigenvalue weighted by molar-refractivity contribution is 0.428. The van der Waals surface area contributed by atoms with Gasteiger partial charge >= 0.3 is 8.56 Å². The molecule has 2 nitrogen and oxygen atoms in total. The highest BCUT2D eigenvalue weighted by Crippen LogP contribution is 2.16. The zero-order valence-corrected chi connectivity index (χ0v) is 17.5. The van der Waals surface area contributed by atoms with Crippen LogP contribution in [0.3, 0.4) is 0 Å². The van der Waals surface area contributed by atoms with Gasteiger partial charge in [-0.2, -0.15) is 0 Å². The fourth-order valence-corrected chi connectivity index (χ4v) is 12.2. The molecule has 2 aromatic carbocycles. The quantitative estimate of drug-likeness (QED) is 0.672. The molecule has 0 atom stereocenters. The largest absolute Gasteiger partial charge is 0.430 e. The SMILES string of the molecule is CC[Si](CC)O[Si](O[Si](C)C)(c1ccccc1)c1ccccc1. The van der Waals surface area contributed by atoms with Crippen LogP contribution in [0.4, 0.5) is 0 Å². The molecule has 0 aliphatic carbocycles. The van der Waals surface area contributed by atoms with Crippen LogP contribution in [-0.4, -0.2) is 26.6 Å². The van der Waals surface area contributed by atoms with Crippen LogP contribution >= 0.6 is 0 Å². The molecule has 0 N–H and O–H groups in total. The van der Waals surface area contributed by atoms with E-state index in [0.717, 1.165) is 12.1 Å². The van der Waals surface area contributed by atoms with Crippen molar-refractivity contribution in [1.29, 1.82) is 0 Å². The maximum Gasteiger partial charge on any atom is 0.386 e. The molecule has 2 rings (SSSR count). The summed E-state index contributed by atoms with van der Waals surface area (Å²) in [7, 11) is -4.38. The Morgan fingerprint density at radius 3 is 1.52 bits per heavy atom. The van der Waals surface area contributed by atoms with Crippen molar-refractivity contribution >= 4 is 37.0 Å². The number of hydrogen-bond donors (Lipinski definition) is 0. The average molecular weight is 359 g/mol. The monoisotopic (exact) mass is 358 g/mol. The van der Waals surface area contributed by atoms with Gasteiger partial charge in [0.2, 0.25) is 0 Å². The van der Waals surface area contributed by atoms with Gasteiger partial charge in [-0.3, -0.25) is 0 Å². The maximum absolute atomic E-state index is 6.86. The molecule has 23 heavy (non-hydrogen) atoms. The maximum atomic E-state index is 6.86. The van der Waals surface area contributed by atoms with Gasteiger partial charge in [0.05, 0.1) is 0 Å². The molecule has 0 heterocycles. The first-order valence-corrected chi connectivity index (χ1v) is 14.3. The second-order valence-electron chi connectivity index (χ2n) is 5.71. The van der Waals surface area contributed by atoms with Crippen molar-refractivity contribution in [2.24, 2.45) is 0 Å². The summed E-state index contributed by atoms with van der Waals surface area (Å²) < 4.78 is 13.6. The predicted molar refractivity (Wildman–Crippen MR) is 104 cm³/mol. The lowest BCUT2D eigenvalue weighted by Crippen LogP contribution is -2.66. The molecule has 2 aromatic rings. The van der Waals surface area contributed by atoms with Crippen molar-refractivity contribution in [3.63, 3.8) is 0 Å². The second kappa shape index (κ2) is 8.75. The van der Waals surface area contributed by atoms with Gasteiger partial charge in [0.15, 0.2) is 18.1 Å². The van der Waals surface area contributed by atoms with Crippen LogP contribution in [0.25, 0.3) is 0 Å². The molecule has 122 valence electrons. The molecule has 0 unspecified atom stereocenters. The van der Waals surface area contributed by atoms with Crippen LogP contribution in [0.1, 0.15) is 13.8 Å². The van der Waals surface area contributed by atoms with Crippen LogP contribution in [0.5, 0.6) is 0 Å². The van der Waals surface area contributed by atoms with Gasteiger partial charge in [-0.05, 0) is 35.6 Å². The van der Waals surface area contributed by atoms with E-state index in [1.165, 1.54) is 10.4 Å². The zero-order chi connectivity index (χ0) is 16.7. The third kappa shape index (κ3) is 4.51. The summed E-state index contributed by atoms with van der Waals surface area (Å²) in [6, 6.07) is 23.4. The van der Waals surface area contributed by atoms with Gasteiger partial charge in [-0.15, -0.1) is 0 Å². The topological polar surface area (TPSA) is 18.5 Å². The van der Waals surface area contributed by atoms with Crippen LogP contribution in [0.2, 0.25) is 25.2 Å². The minimum atomic E-state index is -2.63. The van der Waals surface area contributed by atoms with Crippen molar-refractivity contribution in [2.45, 2.75) is 39.0 Å². The summed E-state index contributed by atoms with van der Waals surface area (Å²) in [6.07, 6.45) is 0. The molecule has 0 saturated heterocycles. The van der Waals surface area contributed by atoms with Crippen molar-refractivity contribution < 1.29 is 8.23 Å². The lowest BCUT2D eigenvalue weighted by Gasteiger charge is -2.36. The Labute approximate surface area is 145 Å². The standard InChI is InChI=1S/C18H26O2Si3/c1-5-22(6-2)20-23(19-21(3)4,17-13-9-7-10-14-17)18-15-11-8-12-16-18/h7-16H,5-6H2,1-4H3. The molecule has 2 radical (unpaired) electrons. The van der Waals surface area contributed by atoms with Crippen LogP contribution < -0.4 is 10.4 Å². The Balaban J connectivity index is 2.58. The highest BCUT2D eigenvalue weighted by atomic mass is 28.5. The number of benzene rings is 2. The number of rotatable bonds is 8. The van der Waals surface area contributed by atoms with E-state index in [1.807, 2.05) is 0 Å². The summed E-state index contributed by atoms with van der Waals surface area (Å²) >= 11 is 0. The van der Waals surface area contributed by atoms with E-state index in [9.17, 15) is 0 Å². The van der Waals surface area contributed by atoms with E-state index in [0.29, 0.717) is 0 Å². The Morgan fingerprint density at radius 1 is 0.739 bits per heavy atom. The minimum absolute atomic E-state index is 0.866. The molecule has 0 fully saturated rings. The third-order valence-electron chi connectivity index (χ3n) is 3.73. The van der Waals surface area contributed by atoms with E-state index in [-0.39, 0.29) is 0 Å². The van der Waals surface area contributed by atoms with Gasteiger partial charge in [-0.1, -0.05) is 74.5 Å². The van der Waals surface area contributed by atoms with Crippen molar-refractivity contribution in [3.05, 3.63) is 60.7 Å². The molecule has 0 bridgehead atoms. The smallest absolute Gasteiger partial charge is 0.386 e. The Morgan fingerprint density at radius 2 is 1.17 bits per heavy atom. The van der Waals surface area contributed by atoms with E-state index < -0.39 is 26.6 Å². The van der Waals surface area contributed by atoms with Crippen LogP contribution in [0.15, 0.2) is 60.7 Å². The van der Waals surface area contributed by atoms with Gasteiger partial charge in [0.25, 0.3) is 0 Å². The minimum Gasteiger partial charge on any atom is -0.430 e. The number of hydrogen-bond acceptors (Lipinski definition) is 2. The summed E-state index contributed by atoms with van der Waals surface area (Å²) in [5.41, 5.74) is 0. The van der Waals surface area contributed by atoms with Crippen LogP contribution in [-0.2, 0) is 8.23 Å². The first-order valence-electron chi connectivity index (χ1n) is 8.26. The van der Waals surface area contributed by atoms with Crippen molar-refractivity contribution in [1.82, 2.24) is 0 Å². The van der Waals surface area contributed by atoms with Crippen LogP contribution in [0, 0.1) is 0 Å². The average Bonchev–Trinajstić information content (AvgIpc) is 2.60. The fraction of sp³-hybridized carbons (Fsp3) is 0.333. The van der Waals surface area contributed by atoms with E-state index in [2.05, 4.69) is 87.6 Å². The molecule has 0 amide bonds. The first kappa shape index (κ1) is 18.4. The van der Waals surface area contributed by atoms with E-state index >= 15 is 0 Å². The fourth-order valence-electron chi connectivity index (χ4n) is 2.62. The molecular weight excluding hydrogens is 332 g/mol. The molecule has 0 spiro atoms. The third-order valence-corrected chi connectivity index (χ3v) is 12.6. The second-order valence-corrected chi connectivity index (χ2v) is 14.0. The molecule has 0 aliphatic rings. The highest BCUT2D eigenvalue weighted by molar-refractivity contribution is 6.98. The molecule has 0 saturated carbocycles. The summed E-state index contributed by atoms with van der Waals surface area (Å²) in [5.74, 6) is 0. The van der Waals surface area contributed by atoms with Crippen molar-refractivity contribution in [3.8, 4) is 0 Å². The highest BCUT2D eigenvalue weighted by Gasteiger charge is 2.44. The van der Waals surface area contributed by atoms with Gasteiger partial charge in [-0.25, -0.2) is 0 Å². The lowest BCUT2D eigenvalue weighted by atomic mass is 10.4. The molecule has 0 aliphatic heterocycles. The Kier molecular flexibility index (Phi) is 6.98. The Bertz CT molecular complexity index is 532. The van der Waals surface area contributed by atoms with Gasteiger partial charge in [0, 0.05) is 0 Å². The van der Waals surface area contributed by atoms with E-state index in [4.69, 9.17) is 8.23 Å².